The maximum absolute atomic E-state index is 12.7. The van der Waals surface area contributed by atoms with E-state index in [0.717, 1.165) is 5.56 Å². The fourth-order valence-corrected chi connectivity index (χ4v) is 3.17. The largest absolute Gasteiger partial charge is 0.460 e. The van der Waals surface area contributed by atoms with E-state index in [1.807, 2.05) is 30.3 Å². The molecule has 154 valence electrons. The van der Waals surface area contributed by atoms with Gasteiger partial charge >= 0.3 is 11.9 Å². The molecule has 1 N–H and O–H groups in total. The molecule has 2 rings (SSSR count). The lowest BCUT2D eigenvalue weighted by molar-refractivity contribution is -0.206. The molecule has 7 nitrogen and oxygen atoms in total. The van der Waals surface area contributed by atoms with E-state index in [9.17, 15) is 13.8 Å². The number of cyclic esters (lactones) is 1. The molecule has 28 heavy (non-hydrogen) atoms. The zero-order valence-electron chi connectivity index (χ0n) is 16.8. The third kappa shape index (κ3) is 6.76. The molecule has 1 aliphatic heterocycles. The Morgan fingerprint density at radius 2 is 1.86 bits per heavy atom. The smallest absolute Gasteiger partial charge is 0.337 e. The summed E-state index contributed by atoms with van der Waals surface area (Å²) in [5.74, 6) is -2.01. The lowest BCUT2D eigenvalue weighted by atomic mass is 10.1. The first-order valence-electron chi connectivity index (χ1n) is 8.97. The van der Waals surface area contributed by atoms with E-state index in [1.165, 1.54) is 6.08 Å². The highest BCUT2D eigenvalue weighted by atomic mass is 32.2. The van der Waals surface area contributed by atoms with Crippen LogP contribution in [0.4, 0.5) is 0 Å². The number of hydrogen-bond donors (Lipinski definition) is 1. The van der Waals surface area contributed by atoms with Gasteiger partial charge in [0.25, 0.3) is 0 Å². The average Bonchev–Trinajstić information content (AvgIpc) is 2.57. The SMILES string of the molecule is CC1(C)OC(=O)C=C(C[C@@H](N[S@](=O)C(C)(C)C)C(=O)OCc2ccccc2)O1. The van der Waals surface area contributed by atoms with Crippen molar-refractivity contribution >= 4 is 22.9 Å². The van der Waals surface area contributed by atoms with Crippen molar-refractivity contribution in [2.24, 2.45) is 0 Å². The van der Waals surface area contributed by atoms with Crippen molar-refractivity contribution in [1.29, 1.82) is 0 Å². The van der Waals surface area contributed by atoms with Crippen LogP contribution in [-0.4, -0.2) is 32.7 Å². The predicted molar refractivity (Wildman–Crippen MR) is 105 cm³/mol. The first-order chi connectivity index (χ1) is 13.0. The Balaban J connectivity index is 2.13. The Kier molecular flexibility index (Phi) is 7.01. The van der Waals surface area contributed by atoms with Crippen LogP contribution in [0.1, 0.15) is 46.6 Å². The molecule has 0 unspecified atom stereocenters. The van der Waals surface area contributed by atoms with Crippen LogP contribution in [0.15, 0.2) is 42.2 Å². The van der Waals surface area contributed by atoms with Crippen molar-refractivity contribution in [3.8, 4) is 0 Å². The maximum atomic E-state index is 12.7. The molecule has 2 atom stereocenters. The lowest BCUT2D eigenvalue weighted by Crippen LogP contribution is -2.46. The van der Waals surface area contributed by atoms with Gasteiger partial charge in [-0.3, -0.25) is 4.79 Å². The van der Waals surface area contributed by atoms with Gasteiger partial charge in [-0.25, -0.2) is 13.7 Å². The van der Waals surface area contributed by atoms with Gasteiger partial charge in [0, 0.05) is 20.3 Å². The molecule has 0 fully saturated rings. The normalized spacial score (nSPS) is 18.3. The van der Waals surface area contributed by atoms with E-state index in [1.54, 1.807) is 34.6 Å². The van der Waals surface area contributed by atoms with Crippen molar-refractivity contribution in [2.75, 3.05) is 0 Å². The lowest BCUT2D eigenvalue weighted by Gasteiger charge is -2.32. The van der Waals surface area contributed by atoms with Gasteiger partial charge in [-0.05, 0) is 26.3 Å². The molecule has 0 radical (unpaired) electrons. The summed E-state index contributed by atoms with van der Waals surface area (Å²) in [5, 5.41) is 0. The average molecular weight is 410 g/mol. The molecule has 1 aliphatic rings. The van der Waals surface area contributed by atoms with E-state index in [4.69, 9.17) is 14.2 Å². The van der Waals surface area contributed by atoms with Crippen LogP contribution in [-0.2, 0) is 41.4 Å². The second-order valence-corrected chi connectivity index (χ2v) is 9.88. The van der Waals surface area contributed by atoms with Gasteiger partial charge in [0.1, 0.15) is 18.4 Å². The highest BCUT2D eigenvalue weighted by molar-refractivity contribution is 7.84. The quantitative estimate of drug-likeness (QED) is 0.697. The number of ether oxygens (including phenoxy) is 3. The van der Waals surface area contributed by atoms with Gasteiger partial charge in [0.2, 0.25) is 5.79 Å². The van der Waals surface area contributed by atoms with Crippen LogP contribution >= 0.6 is 0 Å². The Hall–Kier alpha value is -2.19. The highest BCUT2D eigenvalue weighted by Gasteiger charge is 2.34. The van der Waals surface area contributed by atoms with Gasteiger partial charge in [-0.2, -0.15) is 0 Å². The van der Waals surface area contributed by atoms with Crippen molar-refractivity contribution in [3.05, 3.63) is 47.7 Å². The van der Waals surface area contributed by atoms with Crippen LogP contribution in [0.3, 0.4) is 0 Å². The summed E-state index contributed by atoms with van der Waals surface area (Å²) in [6, 6.07) is 8.30. The van der Waals surface area contributed by atoms with Crippen LogP contribution in [0.25, 0.3) is 0 Å². The molecule has 0 aliphatic carbocycles. The molecule has 1 heterocycles. The molecule has 0 spiro atoms. The first-order valence-corrected chi connectivity index (χ1v) is 10.1. The fourth-order valence-electron chi connectivity index (χ4n) is 2.38. The number of rotatable bonds is 7. The summed E-state index contributed by atoms with van der Waals surface area (Å²) in [5.41, 5.74) is 0.837. The van der Waals surface area contributed by atoms with Crippen molar-refractivity contribution in [1.82, 2.24) is 4.72 Å². The Bertz CT molecular complexity index is 767. The molecule has 1 aromatic rings. The van der Waals surface area contributed by atoms with Crippen molar-refractivity contribution < 1.29 is 28.0 Å². The summed E-state index contributed by atoms with van der Waals surface area (Å²) >= 11 is 0. The number of carbonyl (C=O) groups is 2. The van der Waals surface area contributed by atoms with Crippen LogP contribution in [0, 0.1) is 0 Å². The molecule has 0 amide bonds. The number of carbonyl (C=O) groups excluding carboxylic acids is 2. The fraction of sp³-hybridized carbons (Fsp3) is 0.500. The summed E-state index contributed by atoms with van der Waals surface area (Å²) in [4.78, 5) is 24.4. The monoisotopic (exact) mass is 409 g/mol. The van der Waals surface area contributed by atoms with Gasteiger partial charge in [0.15, 0.2) is 0 Å². The Morgan fingerprint density at radius 1 is 1.21 bits per heavy atom. The molecule has 8 heteroatoms. The minimum atomic E-state index is -1.52. The molecular formula is C20H27NO6S. The zero-order valence-corrected chi connectivity index (χ0v) is 17.6. The predicted octanol–water partition coefficient (Wildman–Crippen LogP) is 2.73. The number of benzene rings is 1. The van der Waals surface area contributed by atoms with Crippen molar-refractivity contribution in [2.45, 2.75) is 64.2 Å². The zero-order chi connectivity index (χ0) is 20.9. The molecule has 1 aromatic carbocycles. The second kappa shape index (κ2) is 8.87. The summed E-state index contributed by atoms with van der Waals surface area (Å²) in [6.45, 7) is 8.66. The van der Waals surface area contributed by atoms with E-state index in [-0.39, 0.29) is 18.8 Å². The molecular weight excluding hydrogens is 382 g/mol. The number of hydrogen-bond acceptors (Lipinski definition) is 6. The standard InChI is InChI=1S/C20H27NO6S/c1-19(2,3)28(24)21-16(11-15-12-17(22)27-20(4,5)26-15)18(23)25-13-14-9-7-6-8-10-14/h6-10,12,16,21H,11,13H2,1-5H3/t16-,28-/m1/s1. The first kappa shape index (κ1) is 22.1. The summed E-state index contributed by atoms with van der Waals surface area (Å²) in [6.07, 6.45) is 1.19. The van der Waals surface area contributed by atoms with Gasteiger partial charge in [0.05, 0.1) is 21.8 Å². The van der Waals surface area contributed by atoms with E-state index in [2.05, 4.69) is 4.72 Å². The molecule has 0 bridgehead atoms. The third-order valence-electron chi connectivity index (χ3n) is 3.72. The summed E-state index contributed by atoms with van der Waals surface area (Å²) < 4.78 is 30.8. The number of nitrogens with one attached hydrogen (secondary N) is 1. The van der Waals surface area contributed by atoms with Crippen LogP contribution in [0.5, 0.6) is 0 Å². The van der Waals surface area contributed by atoms with E-state index in [0.29, 0.717) is 0 Å². The van der Waals surface area contributed by atoms with E-state index >= 15 is 0 Å². The van der Waals surface area contributed by atoms with Crippen molar-refractivity contribution in [3.63, 3.8) is 0 Å². The van der Waals surface area contributed by atoms with E-state index < -0.39 is 39.5 Å². The summed E-state index contributed by atoms with van der Waals surface area (Å²) in [7, 11) is -1.52. The molecule has 0 aromatic heterocycles. The Labute approximate surface area is 168 Å². The topological polar surface area (TPSA) is 90.9 Å². The minimum Gasteiger partial charge on any atom is -0.460 e. The van der Waals surface area contributed by atoms with Gasteiger partial charge in [-0.15, -0.1) is 0 Å². The van der Waals surface area contributed by atoms with Crippen LogP contribution < -0.4 is 4.72 Å². The molecule has 0 saturated heterocycles. The molecule has 0 saturated carbocycles. The second-order valence-electron chi connectivity index (χ2n) is 7.88. The minimum absolute atomic E-state index is 0.00791. The number of esters is 2. The van der Waals surface area contributed by atoms with Gasteiger partial charge < -0.3 is 14.2 Å². The third-order valence-corrected chi connectivity index (χ3v) is 5.33. The van der Waals surface area contributed by atoms with Gasteiger partial charge in [-0.1, -0.05) is 30.3 Å². The Morgan fingerprint density at radius 3 is 2.43 bits per heavy atom. The van der Waals surface area contributed by atoms with Crippen LogP contribution in [0.2, 0.25) is 0 Å². The maximum Gasteiger partial charge on any atom is 0.337 e. The highest BCUT2D eigenvalue weighted by Crippen LogP contribution is 2.25.